The first-order valence-electron chi connectivity index (χ1n) is 6.18. The standard InChI is InChI=1S/C11H17N5O3/c1-7-9(16(17)18)10(15-11(12)14-7)13-6-8-2-4-19-5-3-8/h8H,2-6H2,1H3,(H3,12,13,14,15). The van der Waals surface area contributed by atoms with Gasteiger partial charge < -0.3 is 15.8 Å². The lowest BCUT2D eigenvalue weighted by molar-refractivity contribution is -0.385. The van der Waals surface area contributed by atoms with Gasteiger partial charge in [0.15, 0.2) is 0 Å². The van der Waals surface area contributed by atoms with E-state index < -0.39 is 4.92 Å². The van der Waals surface area contributed by atoms with Crippen LogP contribution in [0.3, 0.4) is 0 Å². The predicted molar refractivity (Wildman–Crippen MR) is 69.9 cm³/mol. The van der Waals surface area contributed by atoms with Crippen molar-refractivity contribution >= 4 is 17.5 Å². The molecule has 0 saturated carbocycles. The zero-order chi connectivity index (χ0) is 13.8. The van der Waals surface area contributed by atoms with Crippen molar-refractivity contribution in [2.45, 2.75) is 19.8 Å². The number of anilines is 2. The Hall–Kier alpha value is -1.96. The van der Waals surface area contributed by atoms with Crippen LogP contribution in [0, 0.1) is 23.0 Å². The van der Waals surface area contributed by atoms with Crippen LogP contribution >= 0.6 is 0 Å². The highest BCUT2D eigenvalue weighted by molar-refractivity contribution is 5.60. The van der Waals surface area contributed by atoms with Gasteiger partial charge in [-0.25, -0.2) is 4.98 Å². The molecule has 3 N–H and O–H groups in total. The van der Waals surface area contributed by atoms with Crippen LogP contribution in [0.15, 0.2) is 0 Å². The lowest BCUT2D eigenvalue weighted by Crippen LogP contribution is -2.23. The third-order valence-electron chi connectivity index (χ3n) is 3.16. The molecule has 0 atom stereocenters. The number of nitrogens with two attached hydrogens (primary N) is 1. The highest BCUT2D eigenvalue weighted by atomic mass is 16.6. The fraction of sp³-hybridized carbons (Fsp3) is 0.636. The predicted octanol–water partition coefficient (Wildman–Crippen LogP) is 1.11. The van der Waals surface area contributed by atoms with Crippen molar-refractivity contribution in [1.29, 1.82) is 0 Å². The maximum Gasteiger partial charge on any atom is 0.332 e. The molecule has 2 heterocycles. The lowest BCUT2D eigenvalue weighted by atomic mass is 10.0. The van der Waals surface area contributed by atoms with Crippen molar-refractivity contribution in [3.05, 3.63) is 15.8 Å². The third kappa shape index (κ3) is 3.28. The van der Waals surface area contributed by atoms with E-state index in [-0.39, 0.29) is 23.1 Å². The molecule has 0 bridgehead atoms. The minimum absolute atomic E-state index is 0.0394. The van der Waals surface area contributed by atoms with Crippen LogP contribution in [0.25, 0.3) is 0 Å². The summed E-state index contributed by atoms with van der Waals surface area (Å²) in [6, 6.07) is 0. The molecule has 8 nitrogen and oxygen atoms in total. The second-order valence-electron chi connectivity index (χ2n) is 4.56. The third-order valence-corrected chi connectivity index (χ3v) is 3.16. The zero-order valence-corrected chi connectivity index (χ0v) is 10.8. The van der Waals surface area contributed by atoms with Gasteiger partial charge in [-0.3, -0.25) is 10.1 Å². The van der Waals surface area contributed by atoms with Gasteiger partial charge in [-0.15, -0.1) is 0 Å². The number of hydrogen-bond acceptors (Lipinski definition) is 7. The van der Waals surface area contributed by atoms with Gasteiger partial charge in [-0.05, 0) is 25.7 Å². The molecule has 1 saturated heterocycles. The van der Waals surface area contributed by atoms with Crippen LogP contribution in [-0.4, -0.2) is 34.6 Å². The van der Waals surface area contributed by atoms with E-state index in [1.54, 1.807) is 6.92 Å². The van der Waals surface area contributed by atoms with Crippen molar-refractivity contribution in [1.82, 2.24) is 9.97 Å². The Morgan fingerprint density at radius 1 is 1.47 bits per heavy atom. The van der Waals surface area contributed by atoms with E-state index in [2.05, 4.69) is 15.3 Å². The fourth-order valence-corrected chi connectivity index (χ4v) is 2.12. The number of nitrogens with zero attached hydrogens (tertiary/aromatic N) is 3. The van der Waals surface area contributed by atoms with Crippen LogP contribution in [0.5, 0.6) is 0 Å². The highest BCUT2D eigenvalue weighted by Crippen LogP contribution is 2.26. The molecule has 1 fully saturated rings. The molecular weight excluding hydrogens is 250 g/mol. The van der Waals surface area contributed by atoms with Gasteiger partial charge in [0.1, 0.15) is 5.69 Å². The largest absolute Gasteiger partial charge is 0.381 e. The second-order valence-corrected chi connectivity index (χ2v) is 4.56. The van der Waals surface area contributed by atoms with Crippen molar-refractivity contribution in [3.63, 3.8) is 0 Å². The molecule has 19 heavy (non-hydrogen) atoms. The maximum atomic E-state index is 11.0. The van der Waals surface area contributed by atoms with Crippen LogP contribution in [0.1, 0.15) is 18.5 Å². The van der Waals surface area contributed by atoms with Crippen molar-refractivity contribution in [3.8, 4) is 0 Å². The van der Waals surface area contributed by atoms with E-state index in [0.29, 0.717) is 12.5 Å². The number of nitrogen functional groups attached to an aromatic ring is 1. The van der Waals surface area contributed by atoms with Crippen molar-refractivity contribution in [2.75, 3.05) is 30.8 Å². The Morgan fingerprint density at radius 2 is 2.16 bits per heavy atom. The van der Waals surface area contributed by atoms with Gasteiger partial charge in [0.2, 0.25) is 11.8 Å². The van der Waals surface area contributed by atoms with Crippen LogP contribution in [0.4, 0.5) is 17.5 Å². The van der Waals surface area contributed by atoms with Gasteiger partial charge >= 0.3 is 5.69 Å². The first-order valence-corrected chi connectivity index (χ1v) is 6.18. The van der Waals surface area contributed by atoms with E-state index in [1.807, 2.05) is 0 Å². The fourth-order valence-electron chi connectivity index (χ4n) is 2.12. The first-order chi connectivity index (χ1) is 9.08. The van der Waals surface area contributed by atoms with Crippen molar-refractivity contribution in [2.24, 2.45) is 5.92 Å². The minimum atomic E-state index is -0.485. The summed E-state index contributed by atoms with van der Waals surface area (Å²) in [7, 11) is 0. The second kappa shape index (κ2) is 5.79. The monoisotopic (exact) mass is 267 g/mol. The average Bonchev–Trinajstić information content (AvgIpc) is 2.36. The van der Waals surface area contributed by atoms with E-state index in [4.69, 9.17) is 10.5 Å². The van der Waals surface area contributed by atoms with Crippen molar-refractivity contribution < 1.29 is 9.66 Å². The molecule has 8 heteroatoms. The number of aromatic nitrogens is 2. The Balaban J connectivity index is 2.12. The molecule has 0 radical (unpaired) electrons. The van der Waals surface area contributed by atoms with Gasteiger partial charge in [0.25, 0.3) is 0 Å². The summed E-state index contributed by atoms with van der Waals surface area (Å²) >= 11 is 0. The maximum absolute atomic E-state index is 11.0. The highest BCUT2D eigenvalue weighted by Gasteiger charge is 2.22. The molecule has 0 aliphatic carbocycles. The normalized spacial score (nSPS) is 16.3. The summed E-state index contributed by atoms with van der Waals surface area (Å²) in [4.78, 5) is 18.3. The SMILES string of the molecule is Cc1nc(N)nc(NCC2CCOCC2)c1[N+](=O)[O-]. The van der Waals surface area contributed by atoms with Gasteiger partial charge in [0.05, 0.1) is 4.92 Å². The molecule has 1 aliphatic heterocycles. The molecule has 104 valence electrons. The van der Waals surface area contributed by atoms with Crippen LogP contribution < -0.4 is 11.1 Å². The molecular formula is C11H17N5O3. The summed E-state index contributed by atoms with van der Waals surface area (Å²) in [6.07, 6.45) is 1.89. The van der Waals surface area contributed by atoms with Crippen LogP contribution in [-0.2, 0) is 4.74 Å². The zero-order valence-electron chi connectivity index (χ0n) is 10.8. The first kappa shape index (κ1) is 13.5. The average molecular weight is 267 g/mol. The molecule has 0 amide bonds. The summed E-state index contributed by atoms with van der Waals surface area (Å²) < 4.78 is 5.27. The number of hydrogen-bond donors (Lipinski definition) is 2. The van der Waals surface area contributed by atoms with Gasteiger partial charge in [-0.2, -0.15) is 4.98 Å². The Kier molecular flexibility index (Phi) is 4.10. The minimum Gasteiger partial charge on any atom is -0.381 e. The Morgan fingerprint density at radius 3 is 2.79 bits per heavy atom. The molecule has 1 aromatic heterocycles. The summed E-state index contributed by atoms with van der Waals surface area (Å²) in [5.41, 5.74) is 5.69. The molecule has 1 aromatic rings. The van der Waals surface area contributed by atoms with E-state index in [1.165, 1.54) is 0 Å². The molecule has 0 spiro atoms. The smallest absolute Gasteiger partial charge is 0.332 e. The van der Waals surface area contributed by atoms with E-state index in [0.717, 1.165) is 26.1 Å². The molecule has 2 rings (SSSR count). The number of rotatable bonds is 4. The number of ether oxygens (including phenoxy) is 1. The van der Waals surface area contributed by atoms with Gasteiger partial charge in [0, 0.05) is 19.8 Å². The van der Waals surface area contributed by atoms with E-state index >= 15 is 0 Å². The summed E-state index contributed by atoms with van der Waals surface area (Å²) in [5.74, 6) is 0.670. The van der Waals surface area contributed by atoms with Gasteiger partial charge in [-0.1, -0.05) is 0 Å². The number of nitrogens with one attached hydrogen (secondary N) is 1. The summed E-state index contributed by atoms with van der Waals surface area (Å²) in [5, 5.41) is 14.0. The quantitative estimate of drug-likeness (QED) is 0.620. The number of aryl methyl sites for hydroxylation is 1. The number of nitro groups is 1. The Bertz CT molecular complexity index is 474. The van der Waals surface area contributed by atoms with E-state index in [9.17, 15) is 10.1 Å². The topological polar surface area (TPSA) is 116 Å². The summed E-state index contributed by atoms with van der Waals surface area (Å²) in [6.45, 7) is 3.65. The molecule has 1 aliphatic rings. The Labute approximate surface area is 110 Å². The molecule has 0 unspecified atom stereocenters. The van der Waals surface area contributed by atoms with Crippen LogP contribution in [0.2, 0.25) is 0 Å². The lowest BCUT2D eigenvalue weighted by Gasteiger charge is -2.22. The molecule has 0 aromatic carbocycles.